The number of aryl methyl sites for hydroxylation is 1. The lowest BCUT2D eigenvalue weighted by molar-refractivity contribution is 0.0248. The average molecular weight is 563 g/mol. The first-order valence-corrected chi connectivity index (χ1v) is 14.3. The van der Waals surface area contributed by atoms with Crippen molar-refractivity contribution in [3.63, 3.8) is 0 Å². The van der Waals surface area contributed by atoms with Crippen LogP contribution in [0.25, 0.3) is 0 Å². The molecule has 0 amide bonds. The molecule has 3 heterocycles. The Morgan fingerprint density at radius 2 is 2.08 bits per heavy atom. The summed E-state index contributed by atoms with van der Waals surface area (Å²) in [6, 6.07) is 8.86. The fraction of sp³-hybridized carbons (Fsp3) is 0.400. The van der Waals surface area contributed by atoms with E-state index in [4.69, 9.17) is 8.92 Å². The molecular weight excluding hydrogens is 535 g/mol. The highest BCUT2D eigenvalue weighted by molar-refractivity contribution is 7.84. The molecule has 3 N–H and O–H groups in total. The van der Waals surface area contributed by atoms with Crippen molar-refractivity contribution in [1.82, 2.24) is 14.7 Å². The molecule has 1 aromatic carbocycles. The molecular formula is C25H27FN4O6S2. The lowest BCUT2D eigenvalue weighted by Gasteiger charge is -2.26. The number of alkyl halides is 1. The summed E-state index contributed by atoms with van der Waals surface area (Å²) in [5.74, 6) is -0.273. The Hall–Kier alpha value is -2.81. The molecule has 3 aromatic rings. The van der Waals surface area contributed by atoms with Crippen LogP contribution < -0.4 is 10.0 Å². The monoisotopic (exact) mass is 562 g/mol. The van der Waals surface area contributed by atoms with Crippen LogP contribution in [-0.2, 0) is 25.6 Å². The van der Waals surface area contributed by atoms with Crippen molar-refractivity contribution in [2.45, 2.75) is 50.3 Å². The minimum Gasteiger partial charge on any atom is -0.387 e. The molecule has 0 bridgehead atoms. The Morgan fingerprint density at radius 1 is 1.29 bits per heavy atom. The summed E-state index contributed by atoms with van der Waals surface area (Å²) < 4.78 is 51.3. The highest BCUT2D eigenvalue weighted by atomic mass is 32.2. The number of thiophene rings is 1. The third-order valence-electron chi connectivity index (χ3n) is 6.81. The fourth-order valence-electron chi connectivity index (χ4n) is 4.85. The van der Waals surface area contributed by atoms with Crippen molar-refractivity contribution in [3.8, 4) is 0 Å². The van der Waals surface area contributed by atoms with Gasteiger partial charge >= 0.3 is 10.3 Å². The Kier molecular flexibility index (Phi) is 7.58. The number of ether oxygens (including phenoxy) is 1. The maximum atomic E-state index is 14.9. The molecule has 0 saturated heterocycles. The van der Waals surface area contributed by atoms with Gasteiger partial charge in [-0.2, -0.15) is 13.1 Å². The number of anilines is 1. The van der Waals surface area contributed by atoms with Crippen LogP contribution in [0, 0.1) is 6.92 Å². The van der Waals surface area contributed by atoms with Crippen molar-refractivity contribution < 1.29 is 31.6 Å². The first-order chi connectivity index (χ1) is 18.2. The van der Waals surface area contributed by atoms with Gasteiger partial charge in [0.05, 0.1) is 23.1 Å². The number of rotatable bonds is 8. The molecule has 38 heavy (non-hydrogen) atoms. The van der Waals surface area contributed by atoms with Gasteiger partial charge in [-0.15, -0.1) is 11.3 Å². The first kappa shape index (κ1) is 26.8. The predicted octanol–water partition coefficient (Wildman–Crippen LogP) is 2.47. The van der Waals surface area contributed by atoms with Crippen molar-refractivity contribution in [3.05, 3.63) is 74.9 Å². The molecule has 202 valence electrons. The van der Waals surface area contributed by atoms with E-state index in [2.05, 4.69) is 21.4 Å². The number of benzene rings is 1. The average Bonchev–Trinajstić information content (AvgIpc) is 3.43. The van der Waals surface area contributed by atoms with Gasteiger partial charge in [-0.05, 0) is 36.1 Å². The van der Waals surface area contributed by atoms with Gasteiger partial charge < -0.3 is 15.2 Å². The number of aliphatic hydroxyl groups excluding tert-OH is 1. The van der Waals surface area contributed by atoms with E-state index in [0.717, 1.165) is 29.5 Å². The molecule has 5 atom stereocenters. The SMILES string of the molecule is CNS(=O)(=O)O[C@@H]1C[C@@H](Nc2ncncc2C(=O)c2cc([C@H]3OCCc4ccccc43)c(C)s2)[C@@H](F)[C@@H]1O. The van der Waals surface area contributed by atoms with Crippen LogP contribution >= 0.6 is 11.3 Å². The van der Waals surface area contributed by atoms with Gasteiger partial charge in [0.25, 0.3) is 0 Å². The third kappa shape index (κ3) is 5.22. The molecule has 1 aliphatic carbocycles. The number of fused-ring (bicyclic) bond motifs is 1. The van der Waals surface area contributed by atoms with Crippen molar-refractivity contribution >= 4 is 33.2 Å². The van der Waals surface area contributed by atoms with E-state index in [-0.39, 0.29) is 29.7 Å². The molecule has 2 aromatic heterocycles. The number of aromatic nitrogens is 2. The van der Waals surface area contributed by atoms with Crippen LogP contribution in [0.4, 0.5) is 10.2 Å². The van der Waals surface area contributed by atoms with Gasteiger partial charge in [-0.25, -0.2) is 14.4 Å². The highest BCUT2D eigenvalue weighted by Crippen LogP contribution is 2.38. The zero-order chi connectivity index (χ0) is 27.0. The predicted molar refractivity (Wildman–Crippen MR) is 138 cm³/mol. The summed E-state index contributed by atoms with van der Waals surface area (Å²) in [6.45, 7) is 2.52. The normalized spacial score (nSPS) is 25.2. The number of ketones is 1. The summed E-state index contributed by atoms with van der Waals surface area (Å²) >= 11 is 1.33. The topological polar surface area (TPSA) is 140 Å². The van der Waals surface area contributed by atoms with Crippen LogP contribution in [-0.4, -0.2) is 67.4 Å². The third-order valence-corrected chi connectivity index (χ3v) is 8.88. The second kappa shape index (κ2) is 10.8. The minimum absolute atomic E-state index is 0.0776. The van der Waals surface area contributed by atoms with Crippen LogP contribution in [0.3, 0.4) is 0 Å². The summed E-state index contributed by atoms with van der Waals surface area (Å²) in [7, 11) is -2.99. The van der Waals surface area contributed by atoms with Gasteiger partial charge in [0, 0.05) is 24.5 Å². The lowest BCUT2D eigenvalue weighted by atomic mass is 9.93. The Bertz CT molecular complexity index is 1450. The van der Waals surface area contributed by atoms with Gasteiger partial charge in [0.15, 0.2) is 0 Å². The molecule has 5 rings (SSSR count). The number of carbonyl (C=O) groups excluding carboxylic acids is 1. The van der Waals surface area contributed by atoms with Crippen LogP contribution in [0.5, 0.6) is 0 Å². The maximum Gasteiger partial charge on any atom is 0.335 e. The van der Waals surface area contributed by atoms with Crippen LogP contribution in [0.2, 0.25) is 0 Å². The van der Waals surface area contributed by atoms with E-state index in [1.807, 2.05) is 35.9 Å². The van der Waals surface area contributed by atoms with Gasteiger partial charge in [-0.1, -0.05) is 24.3 Å². The molecule has 13 heteroatoms. The summed E-state index contributed by atoms with van der Waals surface area (Å²) in [5.41, 5.74) is 3.33. The van der Waals surface area contributed by atoms with Crippen LogP contribution in [0.15, 0.2) is 42.9 Å². The number of aliphatic hydroxyl groups is 1. The maximum absolute atomic E-state index is 14.9. The van der Waals surface area contributed by atoms with Gasteiger partial charge in [0.1, 0.15) is 36.6 Å². The van der Waals surface area contributed by atoms with Crippen molar-refractivity contribution in [2.24, 2.45) is 0 Å². The summed E-state index contributed by atoms with van der Waals surface area (Å²) in [5, 5.41) is 13.1. The molecule has 1 fully saturated rings. The number of halogens is 1. The quantitative estimate of drug-likeness (QED) is 0.353. The molecule has 1 saturated carbocycles. The number of hydrogen-bond acceptors (Lipinski definition) is 10. The minimum atomic E-state index is -4.14. The van der Waals surface area contributed by atoms with E-state index in [9.17, 15) is 22.7 Å². The van der Waals surface area contributed by atoms with E-state index in [0.29, 0.717) is 11.5 Å². The fourth-order valence-corrected chi connectivity index (χ4v) is 6.46. The Labute approximate surface area is 223 Å². The lowest BCUT2D eigenvalue weighted by Crippen LogP contribution is -2.35. The Morgan fingerprint density at radius 3 is 2.87 bits per heavy atom. The number of hydrogen-bond donors (Lipinski definition) is 3. The van der Waals surface area contributed by atoms with Gasteiger partial charge in [0.2, 0.25) is 5.78 Å². The second-order valence-electron chi connectivity index (χ2n) is 9.15. The molecule has 2 aliphatic rings. The smallest absolute Gasteiger partial charge is 0.335 e. The first-order valence-electron chi connectivity index (χ1n) is 12.0. The van der Waals surface area contributed by atoms with Crippen molar-refractivity contribution in [1.29, 1.82) is 0 Å². The standard InChI is InChI=1S/C25H27FN4O6S2/c1-13-16(24-15-6-4-3-5-14(15)7-8-35-24)9-20(37-13)22(31)17-11-28-12-29-25(17)30-18-10-19(23(32)21(18)26)36-38(33,34)27-2/h3-6,9,11-12,18-19,21,23-24,27,32H,7-8,10H2,1-2H3,(H,28,29,30)/t18-,19-,21-,23-,24+/m1/s1. The number of nitrogens with zero attached hydrogens (tertiary/aromatic N) is 2. The highest BCUT2D eigenvalue weighted by Gasteiger charge is 2.46. The van der Waals surface area contributed by atoms with E-state index in [1.165, 1.54) is 29.4 Å². The molecule has 0 radical (unpaired) electrons. The molecule has 1 aliphatic heterocycles. The molecule has 0 spiro atoms. The second-order valence-corrected chi connectivity index (χ2v) is 11.9. The van der Waals surface area contributed by atoms with E-state index >= 15 is 0 Å². The van der Waals surface area contributed by atoms with Gasteiger partial charge in [-0.3, -0.25) is 8.98 Å². The van der Waals surface area contributed by atoms with Crippen LogP contribution in [0.1, 0.15) is 49.3 Å². The van der Waals surface area contributed by atoms with E-state index in [1.54, 1.807) is 0 Å². The number of nitrogens with one attached hydrogen (secondary N) is 2. The summed E-state index contributed by atoms with van der Waals surface area (Å²) in [4.78, 5) is 23.1. The van der Waals surface area contributed by atoms with E-state index < -0.39 is 34.7 Å². The summed E-state index contributed by atoms with van der Waals surface area (Å²) in [6.07, 6.45) is -1.90. The number of carbonyl (C=O) groups is 1. The largest absolute Gasteiger partial charge is 0.387 e. The molecule has 0 unspecified atom stereocenters. The zero-order valence-electron chi connectivity index (χ0n) is 20.6. The van der Waals surface area contributed by atoms with Crippen molar-refractivity contribution in [2.75, 3.05) is 19.0 Å². The Balaban J connectivity index is 1.38. The molecule has 10 nitrogen and oxygen atoms in total. The zero-order valence-corrected chi connectivity index (χ0v) is 22.3.